The number of hydrogen-bond donors (Lipinski definition) is 1. The molecule has 0 amide bonds. The average molecular weight is 271 g/mol. The fraction of sp³-hybridized carbons (Fsp3) is 0.231. The number of nitro benzene ring substituents is 1. The van der Waals surface area contributed by atoms with E-state index in [1.165, 1.54) is 6.07 Å². The molecule has 0 fully saturated rings. The average Bonchev–Trinajstić information content (AvgIpc) is 2.73. The molecule has 1 heterocycles. The number of anilines is 1. The Balaban J connectivity index is 2.28. The van der Waals surface area contributed by atoms with Gasteiger partial charge in [-0.25, -0.2) is 0 Å². The summed E-state index contributed by atoms with van der Waals surface area (Å²) in [5.74, 6) is 0. The first-order valence-corrected chi connectivity index (χ1v) is 5.93. The molecule has 0 aliphatic rings. The highest BCUT2D eigenvalue weighted by Crippen LogP contribution is 2.28. The lowest BCUT2D eigenvalue weighted by atomic mass is 10.1. The van der Waals surface area contributed by atoms with Gasteiger partial charge in [0.1, 0.15) is 17.3 Å². The molecule has 0 aliphatic heterocycles. The van der Waals surface area contributed by atoms with Crippen molar-refractivity contribution in [3.8, 4) is 6.07 Å². The molecule has 0 saturated heterocycles. The number of benzene rings is 1. The Labute approximate surface area is 115 Å². The molecule has 7 heteroatoms. The molecule has 7 nitrogen and oxygen atoms in total. The normalized spacial score (nSPS) is 10.1. The second-order valence-electron chi connectivity index (χ2n) is 4.34. The zero-order chi connectivity index (χ0) is 14.7. The Bertz CT molecular complexity index is 699. The minimum absolute atomic E-state index is 0.0444. The van der Waals surface area contributed by atoms with Crippen molar-refractivity contribution >= 4 is 11.4 Å². The van der Waals surface area contributed by atoms with Crippen LogP contribution >= 0.6 is 0 Å². The van der Waals surface area contributed by atoms with Crippen molar-refractivity contribution in [2.75, 3.05) is 5.32 Å². The first kappa shape index (κ1) is 13.5. The van der Waals surface area contributed by atoms with Crippen LogP contribution in [0.2, 0.25) is 0 Å². The van der Waals surface area contributed by atoms with Crippen LogP contribution < -0.4 is 5.32 Å². The molecule has 1 aromatic carbocycles. The molecule has 0 atom stereocenters. The van der Waals surface area contributed by atoms with Crippen molar-refractivity contribution < 1.29 is 4.92 Å². The topological polar surface area (TPSA) is 96.8 Å². The summed E-state index contributed by atoms with van der Waals surface area (Å²) < 4.78 is 1.69. The van der Waals surface area contributed by atoms with Crippen LogP contribution in [-0.4, -0.2) is 14.7 Å². The van der Waals surface area contributed by atoms with E-state index in [0.717, 1.165) is 11.3 Å². The van der Waals surface area contributed by atoms with Gasteiger partial charge < -0.3 is 5.32 Å². The minimum Gasteiger partial charge on any atom is -0.375 e. The van der Waals surface area contributed by atoms with E-state index in [-0.39, 0.29) is 11.3 Å². The summed E-state index contributed by atoms with van der Waals surface area (Å²) in [5.41, 5.74) is 1.99. The van der Waals surface area contributed by atoms with E-state index in [1.807, 2.05) is 26.2 Å². The van der Waals surface area contributed by atoms with E-state index in [1.54, 1.807) is 16.8 Å². The molecular weight excluding hydrogens is 258 g/mol. The van der Waals surface area contributed by atoms with Crippen molar-refractivity contribution in [2.24, 2.45) is 7.05 Å². The van der Waals surface area contributed by atoms with Crippen molar-refractivity contribution in [1.29, 1.82) is 5.26 Å². The summed E-state index contributed by atoms with van der Waals surface area (Å²) in [7, 11) is 1.81. The van der Waals surface area contributed by atoms with E-state index in [2.05, 4.69) is 10.4 Å². The van der Waals surface area contributed by atoms with Gasteiger partial charge in [0, 0.05) is 25.4 Å². The Hall–Kier alpha value is -2.88. The minimum atomic E-state index is -0.545. The molecule has 0 saturated carbocycles. The van der Waals surface area contributed by atoms with Gasteiger partial charge in [-0.05, 0) is 19.1 Å². The van der Waals surface area contributed by atoms with Gasteiger partial charge in [-0.3, -0.25) is 14.8 Å². The Morgan fingerprint density at radius 1 is 1.55 bits per heavy atom. The van der Waals surface area contributed by atoms with Crippen molar-refractivity contribution in [2.45, 2.75) is 13.5 Å². The second kappa shape index (κ2) is 5.40. The Kier molecular flexibility index (Phi) is 3.66. The van der Waals surface area contributed by atoms with Crippen LogP contribution in [-0.2, 0) is 13.6 Å². The third-order valence-corrected chi connectivity index (χ3v) is 2.92. The zero-order valence-corrected chi connectivity index (χ0v) is 11.1. The summed E-state index contributed by atoms with van der Waals surface area (Å²) in [6, 6.07) is 6.47. The van der Waals surface area contributed by atoms with Gasteiger partial charge in [-0.1, -0.05) is 6.07 Å². The molecule has 0 spiro atoms. The molecule has 0 radical (unpaired) electrons. The lowest BCUT2D eigenvalue weighted by molar-refractivity contribution is -0.384. The van der Waals surface area contributed by atoms with Crippen molar-refractivity contribution in [3.63, 3.8) is 0 Å². The van der Waals surface area contributed by atoms with Crippen LogP contribution in [0.4, 0.5) is 11.4 Å². The largest absolute Gasteiger partial charge is 0.375 e. The van der Waals surface area contributed by atoms with Crippen LogP contribution in [0.15, 0.2) is 24.4 Å². The summed E-state index contributed by atoms with van der Waals surface area (Å²) in [4.78, 5) is 10.5. The molecule has 0 aliphatic carbocycles. The van der Waals surface area contributed by atoms with Crippen molar-refractivity contribution in [1.82, 2.24) is 9.78 Å². The molecule has 1 aromatic heterocycles. The lowest BCUT2D eigenvalue weighted by Gasteiger charge is -2.07. The van der Waals surface area contributed by atoms with Gasteiger partial charge in [0.2, 0.25) is 0 Å². The third-order valence-electron chi connectivity index (χ3n) is 2.92. The van der Waals surface area contributed by atoms with Gasteiger partial charge in [0.05, 0.1) is 10.6 Å². The number of hydrogen-bond acceptors (Lipinski definition) is 5. The smallest absolute Gasteiger partial charge is 0.309 e. The number of para-hydroxylation sites is 1. The van der Waals surface area contributed by atoms with E-state index >= 15 is 0 Å². The van der Waals surface area contributed by atoms with Crippen LogP contribution in [0.1, 0.15) is 16.8 Å². The fourth-order valence-corrected chi connectivity index (χ4v) is 1.99. The standard InChI is InChI=1S/C13H13N5O2/c1-9-11(8-17(2)16-9)7-15-12-5-3-4-10(6-14)13(12)18(19)20/h3-5,8,15H,7H2,1-2H3. The molecule has 20 heavy (non-hydrogen) atoms. The van der Waals surface area contributed by atoms with Gasteiger partial charge >= 0.3 is 5.69 Å². The number of aromatic nitrogens is 2. The summed E-state index contributed by atoms with van der Waals surface area (Å²) in [6.45, 7) is 2.28. The molecule has 2 aromatic rings. The molecule has 1 N–H and O–H groups in total. The van der Waals surface area contributed by atoms with Gasteiger partial charge in [0.15, 0.2) is 0 Å². The number of nitro groups is 1. The molecule has 102 valence electrons. The maximum Gasteiger partial charge on any atom is 0.309 e. The van der Waals surface area contributed by atoms with Crippen LogP contribution in [0, 0.1) is 28.4 Å². The van der Waals surface area contributed by atoms with Gasteiger partial charge in [-0.2, -0.15) is 10.4 Å². The summed E-state index contributed by atoms with van der Waals surface area (Å²) in [5, 5.41) is 27.2. The van der Waals surface area contributed by atoms with E-state index < -0.39 is 4.92 Å². The third kappa shape index (κ3) is 2.59. The number of nitriles is 1. The predicted octanol–water partition coefficient (Wildman–Crippen LogP) is 2.12. The Morgan fingerprint density at radius 2 is 2.30 bits per heavy atom. The molecule has 2 rings (SSSR count). The van der Waals surface area contributed by atoms with Crippen LogP contribution in [0.25, 0.3) is 0 Å². The SMILES string of the molecule is Cc1nn(C)cc1CNc1cccc(C#N)c1[N+](=O)[O-]. The van der Waals surface area contributed by atoms with Crippen molar-refractivity contribution in [3.05, 3.63) is 51.3 Å². The second-order valence-corrected chi connectivity index (χ2v) is 4.34. The first-order chi connectivity index (χ1) is 9.52. The van der Waals surface area contributed by atoms with E-state index in [9.17, 15) is 10.1 Å². The highest BCUT2D eigenvalue weighted by Gasteiger charge is 2.19. The molecular formula is C13H13N5O2. The number of aryl methyl sites for hydroxylation is 2. The summed E-state index contributed by atoms with van der Waals surface area (Å²) >= 11 is 0. The lowest BCUT2D eigenvalue weighted by Crippen LogP contribution is -2.04. The zero-order valence-electron chi connectivity index (χ0n) is 11.1. The summed E-state index contributed by atoms with van der Waals surface area (Å²) in [6.07, 6.45) is 1.85. The monoisotopic (exact) mass is 271 g/mol. The number of rotatable bonds is 4. The maximum absolute atomic E-state index is 11.1. The number of nitrogens with one attached hydrogen (secondary N) is 1. The quantitative estimate of drug-likeness (QED) is 0.678. The molecule has 0 bridgehead atoms. The maximum atomic E-state index is 11.1. The van der Waals surface area contributed by atoms with Gasteiger partial charge in [-0.15, -0.1) is 0 Å². The highest BCUT2D eigenvalue weighted by atomic mass is 16.6. The number of nitrogens with zero attached hydrogens (tertiary/aromatic N) is 4. The highest BCUT2D eigenvalue weighted by molar-refractivity contribution is 5.68. The predicted molar refractivity (Wildman–Crippen MR) is 73.1 cm³/mol. The van der Waals surface area contributed by atoms with E-state index in [4.69, 9.17) is 5.26 Å². The fourth-order valence-electron chi connectivity index (χ4n) is 1.99. The van der Waals surface area contributed by atoms with Crippen LogP contribution in [0.3, 0.4) is 0 Å². The van der Waals surface area contributed by atoms with E-state index in [0.29, 0.717) is 12.2 Å². The van der Waals surface area contributed by atoms with Gasteiger partial charge in [0.25, 0.3) is 0 Å². The first-order valence-electron chi connectivity index (χ1n) is 5.93. The van der Waals surface area contributed by atoms with Crippen LogP contribution in [0.5, 0.6) is 0 Å². The molecule has 0 unspecified atom stereocenters. The Morgan fingerprint density at radius 3 is 2.85 bits per heavy atom.